The summed E-state index contributed by atoms with van der Waals surface area (Å²) in [4.78, 5) is 0. The molecule has 0 radical (unpaired) electrons. The van der Waals surface area contributed by atoms with Crippen LogP contribution in [0.4, 0.5) is 0 Å². The maximum Gasteiger partial charge on any atom is 0.117 e. The van der Waals surface area contributed by atoms with Gasteiger partial charge in [-0.05, 0) is 31.2 Å². The van der Waals surface area contributed by atoms with Gasteiger partial charge < -0.3 is 5.32 Å². The van der Waals surface area contributed by atoms with E-state index >= 15 is 0 Å². The largest absolute Gasteiger partial charge is 0.314 e. The van der Waals surface area contributed by atoms with Crippen LogP contribution in [0.3, 0.4) is 0 Å². The number of rotatable bonds is 6. The van der Waals surface area contributed by atoms with Gasteiger partial charge in [0, 0.05) is 18.9 Å². The highest BCUT2D eigenvalue weighted by Gasteiger charge is 2.19. The Morgan fingerprint density at radius 1 is 1.24 bits per heavy atom. The first-order valence-electron chi connectivity index (χ1n) is 6.57. The normalized spacial score (nSPS) is 16.4. The van der Waals surface area contributed by atoms with E-state index in [1.807, 2.05) is 0 Å². The second-order valence-electron chi connectivity index (χ2n) is 6.16. The van der Waals surface area contributed by atoms with Crippen molar-refractivity contribution in [3.8, 4) is 0 Å². The highest BCUT2D eigenvalue weighted by molar-refractivity contribution is 7.11. The van der Waals surface area contributed by atoms with E-state index in [0.717, 1.165) is 25.4 Å². The summed E-state index contributed by atoms with van der Waals surface area (Å²) in [6.45, 7) is 7.85. The van der Waals surface area contributed by atoms with E-state index < -0.39 is 0 Å². The Hall–Kier alpha value is -0.480. The molecule has 0 bridgehead atoms. The molecule has 0 unspecified atom stereocenters. The van der Waals surface area contributed by atoms with Crippen molar-refractivity contribution in [3.05, 3.63) is 10.0 Å². The van der Waals surface area contributed by atoms with Crippen molar-refractivity contribution in [2.24, 2.45) is 5.41 Å². The van der Waals surface area contributed by atoms with Gasteiger partial charge in [0.15, 0.2) is 0 Å². The Labute approximate surface area is 108 Å². The SMILES string of the molecule is CC(C)(C)Cc1nnc(CCCNC2CC2)s1. The summed E-state index contributed by atoms with van der Waals surface area (Å²) in [6, 6.07) is 0.820. The van der Waals surface area contributed by atoms with Crippen molar-refractivity contribution in [1.82, 2.24) is 15.5 Å². The Balaban J connectivity index is 1.69. The molecule has 4 heteroatoms. The number of hydrogen-bond acceptors (Lipinski definition) is 4. The molecule has 1 aromatic rings. The molecule has 0 aromatic carbocycles. The maximum atomic E-state index is 4.28. The minimum atomic E-state index is 0.310. The number of aryl methyl sites for hydroxylation is 1. The molecule has 1 saturated carbocycles. The number of nitrogens with one attached hydrogen (secondary N) is 1. The van der Waals surface area contributed by atoms with Gasteiger partial charge in [-0.15, -0.1) is 21.5 Å². The molecule has 0 amide bonds. The third-order valence-electron chi connectivity index (χ3n) is 2.77. The first-order chi connectivity index (χ1) is 8.03. The summed E-state index contributed by atoms with van der Waals surface area (Å²) in [5, 5.41) is 14.5. The van der Waals surface area contributed by atoms with Crippen LogP contribution in [0.2, 0.25) is 0 Å². The predicted molar refractivity (Wildman–Crippen MR) is 72.4 cm³/mol. The lowest BCUT2D eigenvalue weighted by molar-refractivity contribution is 0.409. The van der Waals surface area contributed by atoms with Gasteiger partial charge >= 0.3 is 0 Å². The van der Waals surface area contributed by atoms with Gasteiger partial charge in [0.25, 0.3) is 0 Å². The van der Waals surface area contributed by atoms with Crippen molar-refractivity contribution >= 4 is 11.3 Å². The third kappa shape index (κ3) is 5.13. The Bertz CT molecular complexity index is 350. The van der Waals surface area contributed by atoms with Gasteiger partial charge in [0.05, 0.1) is 0 Å². The second-order valence-corrected chi connectivity index (χ2v) is 7.31. The third-order valence-corrected chi connectivity index (χ3v) is 3.75. The Kier molecular flexibility index (Phi) is 4.15. The molecule has 2 rings (SSSR count). The summed E-state index contributed by atoms with van der Waals surface area (Å²) in [5.74, 6) is 0. The molecule has 1 N–H and O–H groups in total. The van der Waals surface area contributed by atoms with Gasteiger partial charge in [-0.3, -0.25) is 0 Å². The molecule has 0 aliphatic heterocycles. The van der Waals surface area contributed by atoms with Crippen LogP contribution >= 0.6 is 11.3 Å². The average Bonchev–Trinajstić information content (AvgIpc) is 2.93. The van der Waals surface area contributed by atoms with Crippen molar-refractivity contribution in [1.29, 1.82) is 0 Å². The molecular formula is C13H23N3S. The highest BCUT2D eigenvalue weighted by atomic mass is 32.1. The summed E-state index contributed by atoms with van der Waals surface area (Å²) in [5.41, 5.74) is 0.310. The minimum Gasteiger partial charge on any atom is -0.314 e. The van der Waals surface area contributed by atoms with Gasteiger partial charge in [-0.2, -0.15) is 0 Å². The van der Waals surface area contributed by atoms with Crippen molar-refractivity contribution in [3.63, 3.8) is 0 Å². The summed E-state index contributed by atoms with van der Waals surface area (Å²) < 4.78 is 0. The average molecular weight is 253 g/mol. The molecule has 3 nitrogen and oxygen atoms in total. The zero-order valence-electron chi connectivity index (χ0n) is 11.1. The molecule has 0 spiro atoms. The number of aromatic nitrogens is 2. The van der Waals surface area contributed by atoms with E-state index in [-0.39, 0.29) is 0 Å². The fourth-order valence-electron chi connectivity index (χ4n) is 1.75. The smallest absolute Gasteiger partial charge is 0.117 e. The Morgan fingerprint density at radius 2 is 1.94 bits per heavy atom. The van der Waals surface area contributed by atoms with Crippen molar-refractivity contribution in [2.75, 3.05) is 6.54 Å². The van der Waals surface area contributed by atoms with E-state index in [0.29, 0.717) is 5.41 Å². The van der Waals surface area contributed by atoms with Gasteiger partial charge in [-0.1, -0.05) is 20.8 Å². The number of hydrogen-bond donors (Lipinski definition) is 1. The second kappa shape index (κ2) is 5.44. The van der Waals surface area contributed by atoms with Crippen LogP contribution in [-0.4, -0.2) is 22.8 Å². The molecule has 1 aromatic heterocycles. The predicted octanol–water partition coefficient (Wildman–Crippen LogP) is 2.81. The topological polar surface area (TPSA) is 37.8 Å². The number of nitrogens with zero attached hydrogens (tertiary/aromatic N) is 2. The highest BCUT2D eigenvalue weighted by Crippen LogP contribution is 2.23. The molecule has 0 atom stereocenters. The van der Waals surface area contributed by atoms with Crippen LogP contribution in [-0.2, 0) is 12.8 Å². The molecule has 17 heavy (non-hydrogen) atoms. The lowest BCUT2D eigenvalue weighted by Gasteiger charge is -2.14. The zero-order chi connectivity index (χ0) is 12.3. The standard InChI is InChI=1S/C13H23N3S/c1-13(2,3)9-12-16-15-11(17-12)5-4-8-14-10-6-7-10/h10,14H,4-9H2,1-3H3. The fraction of sp³-hybridized carbons (Fsp3) is 0.846. The first-order valence-corrected chi connectivity index (χ1v) is 7.39. The maximum absolute atomic E-state index is 4.28. The van der Waals surface area contributed by atoms with Crippen LogP contribution in [0, 0.1) is 5.41 Å². The molecule has 1 aliphatic carbocycles. The molecule has 1 aliphatic rings. The van der Waals surface area contributed by atoms with Crippen LogP contribution < -0.4 is 5.32 Å². The Morgan fingerprint density at radius 3 is 2.59 bits per heavy atom. The molecule has 1 heterocycles. The van der Waals surface area contributed by atoms with E-state index in [4.69, 9.17) is 0 Å². The van der Waals surface area contributed by atoms with Crippen LogP contribution in [0.15, 0.2) is 0 Å². The molecule has 96 valence electrons. The van der Waals surface area contributed by atoms with Crippen molar-refractivity contribution < 1.29 is 0 Å². The minimum absolute atomic E-state index is 0.310. The van der Waals surface area contributed by atoms with Crippen LogP contribution in [0.25, 0.3) is 0 Å². The van der Waals surface area contributed by atoms with Gasteiger partial charge in [-0.25, -0.2) is 0 Å². The van der Waals surface area contributed by atoms with E-state index in [9.17, 15) is 0 Å². The molecular weight excluding hydrogens is 230 g/mol. The summed E-state index contributed by atoms with van der Waals surface area (Å²) in [7, 11) is 0. The quantitative estimate of drug-likeness (QED) is 0.792. The molecule has 0 saturated heterocycles. The summed E-state index contributed by atoms with van der Waals surface area (Å²) in [6.07, 6.45) is 6.02. The van der Waals surface area contributed by atoms with E-state index in [2.05, 4.69) is 36.3 Å². The van der Waals surface area contributed by atoms with E-state index in [1.54, 1.807) is 11.3 Å². The first kappa shape index (κ1) is 13.0. The fourth-order valence-corrected chi connectivity index (χ4v) is 2.93. The summed E-state index contributed by atoms with van der Waals surface area (Å²) >= 11 is 1.78. The van der Waals surface area contributed by atoms with Crippen LogP contribution in [0.1, 0.15) is 50.0 Å². The van der Waals surface area contributed by atoms with Crippen molar-refractivity contribution in [2.45, 2.75) is 58.9 Å². The monoisotopic (exact) mass is 253 g/mol. The van der Waals surface area contributed by atoms with E-state index in [1.165, 1.54) is 29.3 Å². The lowest BCUT2D eigenvalue weighted by Crippen LogP contribution is -2.17. The van der Waals surface area contributed by atoms with Gasteiger partial charge in [0.1, 0.15) is 10.0 Å². The lowest BCUT2D eigenvalue weighted by atomic mass is 9.93. The zero-order valence-corrected chi connectivity index (χ0v) is 11.9. The molecule has 1 fully saturated rings. The van der Waals surface area contributed by atoms with Crippen LogP contribution in [0.5, 0.6) is 0 Å². The van der Waals surface area contributed by atoms with Gasteiger partial charge in [0.2, 0.25) is 0 Å².